The van der Waals surface area contributed by atoms with Crippen molar-refractivity contribution in [3.05, 3.63) is 64.0 Å². The molecule has 0 spiro atoms. The zero-order valence-corrected chi connectivity index (χ0v) is 16.8. The molecule has 0 atom stereocenters. The summed E-state index contributed by atoms with van der Waals surface area (Å²) < 4.78 is 3.80. The van der Waals surface area contributed by atoms with Crippen LogP contribution in [0.5, 0.6) is 0 Å². The Kier molecular flexibility index (Phi) is 5.65. The Bertz CT molecular complexity index is 973. The number of carbonyl (C=O) groups excluding carboxylic acids is 1. The molecule has 0 aliphatic rings. The van der Waals surface area contributed by atoms with Gasteiger partial charge in [-0.1, -0.05) is 17.7 Å². The average Bonchev–Trinajstić information content (AvgIpc) is 3.15. The number of rotatable bonds is 6. The molecule has 0 fully saturated rings. The van der Waals surface area contributed by atoms with Crippen LogP contribution in [0.25, 0.3) is 5.69 Å². The molecular formula is C20H24ClN5O. The van der Waals surface area contributed by atoms with E-state index in [1.165, 1.54) is 0 Å². The first-order chi connectivity index (χ1) is 12.9. The fourth-order valence-corrected chi connectivity index (χ4v) is 3.24. The predicted molar refractivity (Wildman–Crippen MR) is 106 cm³/mol. The van der Waals surface area contributed by atoms with Gasteiger partial charge in [-0.05, 0) is 38.5 Å². The van der Waals surface area contributed by atoms with Crippen molar-refractivity contribution < 1.29 is 4.79 Å². The van der Waals surface area contributed by atoms with E-state index in [9.17, 15) is 4.79 Å². The Morgan fingerprint density at radius 1 is 1.26 bits per heavy atom. The summed E-state index contributed by atoms with van der Waals surface area (Å²) >= 11 is 6.25. The number of imidazole rings is 1. The van der Waals surface area contributed by atoms with Crippen molar-refractivity contribution in [1.29, 1.82) is 0 Å². The molecule has 3 rings (SSSR count). The second kappa shape index (κ2) is 7.96. The van der Waals surface area contributed by atoms with E-state index in [0.717, 1.165) is 34.0 Å². The first-order valence-electron chi connectivity index (χ1n) is 8.91. The highest BCUT2D eigenvalue weighted by atomic mass is 35.5. The van der Waals surface area contributed by atoms with Crippen LogP contribution in [0.1, 0.15) is 28.3 Å². The Hall–Kier alpha value is -2.60. The van der Waals surface area contributed by atoms with Crippen LogP contribution in [0.3, 0.4) is 0 Å². The fraction of sp³-hybridized carbons (Fsp3) is 0.350. The van der Waals surface area contributed by atoms with E-state index in [1.54, 1.807) is 6.20 Å². The Balaban J connectivity index is 1.68. The molecule has 7 heteroatoms. The van der Waals surface area contributed by atoms with Crippen molar-refractivity contribution in [2.75, 3.05) is 6.54 Å². The number of nitrogens with zero attached hydrogens (tertiary/aromatic N) is 4. The standard InChI is InChI=1S/C20H24ClN5O/c1-13-5-6-16(11-18(13)21)26-15(3)17(14(2)24-26)12-20(27)23-8-7-19-22-9-10-25(19)4/h5-6,9-11H,7-8,12H2,1-4H3,(H,23,27). The Morgan fingerprint density at radius 3 is 2.70 bits per heavy atom. The van der Waals surface area contributed by atoms with Crippen molar-refractivity contribution in [3.63, 3.8) is 0 Å². The molecule has 0 saturated heterocycles. The molecule has 3 aromatic rings. The minimum atomic E-state index is -0.0168. The number of carbonyl (C=O) groups is 1. The minimum absolute atomic E-state index is 0.0168. The number of halogens is 1. The first kappa shape index (κ1) is 19.2. The van der Waals surface area contributed by atoms with Crippen LogP contribution in [0.2, 0.25) is 5.02 Å². The second-order valence-corrected chi connectivity index (χ2v) is 7.13. The molecule has 2 aromatic heterocycles. The van der Waals surface area contributed by atoms with Crippen molar-refractivity contribution in [2.24, 2.45) is 7.05 Å². The zero-order chi connectivity index (χ0) is 19.6. The normalized spacial score (nSPS) is 11.0. The molecule has 2 heterocycles. The number of nitrogens with one attached hydrogen (secondary N) is 1. The summed E-state index contributed by atoms with van der Waals surface area (Å²) in [5.41, 5.74) is 4.67. The third-order valence-electron chi connectivity index (χ3n) is 4.77. The smallest absolute Gasteiger partial charge is 0.224 e. The maximum absolute atomic E-state index is 12.4. The second-order valence-electron chi connectivity index (χ2n) is 6.73. The summed E-state index contributed by atoms with van der Waals surface area (Å²) in [6.45, 7) is 6.43. The molecule has 142 valence electrons. The first-order valence-corrected chi connectivity index (χ1v) is 9.29. The van der Waals surface area contributed by atoms with Crippen LogP contribution in [0, 0.1) is 20.8 Å². The lowest BCUT2D eigenvalue weighted by Crippen LogP contribution is -2.28. The van der Waals surface area contributed by atoms with Crippen LogP contribution < -0.4 is 5.32 Å². The van der Waals surface area contributed by atoms with E-state index in [4.69, 9.17) is 11.6 Å². The molecule has 0 saturated carbocycles. The highest BCUT2D eigenvalue weighted by Gasteiger charge is 2.16. The molecule has 1 N–H and O–H groups in total. The highest BCUT2D eigenvalue weighted by molar-refractivity contribution is 6.31. The quantitative estimate of drug-likeness (QED) is 0.709. The van der Waals surface area contributed by atoms with E-state index >= 15 is 0 Å². The molecule has 6 nitrogen and oxygen atoms in total. The van der Waals surface area contributed by atoms with Gasteiger partial charge in [-0.25, -0.2) is 9.67 Å². The van der Waals surface area contributed by atoms with Gasteiger partial charge in [-0.3, -0.25) is 4.79 Å². The topological polar surface area (TPSA) is 64.7 Å². The molecule has 0 aliphatic carbocycles. The van der Waals surface area contributed by atoms with Crippen LogP contribution in [-0.2, 0) is 24.7 Å². The van der Waals surface area contributed by atoms with Crippen molar-refractivity contribution in [3.8, 4) is 5.69 Å². The lowest BCUT2D eigenvalue weighted by atomic mass is 10.1. The average molecular weight is 386 g/mol. The SMILES string of the molecule is Cc1ccc(-n2nc(C)c(CC(=O)NCCc3nccn3C)c2C)cc1Cl. The Morgan fingerprint density at radius 2 is 2.04 bits per heavy atom. The summed E-state index contributed by atoms with van der Waals surface area (Å²) in [7, 11) is 1.95. The van der Waals surface area contributed by atoms with Gasteiger partial charge in [-0.2, -0.15) is 5.10 Å². The van der Waals surface area contributed by atoms with E-state index in [-0.39, 0.29) is 5.91 Å². The van der Waals surface area contributed by atoms with Crippen molar-refractivity contribution >= 4 is 17.5 Å². The van der Waals surface area contributed by atoms with Gasteiger partial charge in [0.25, 0.3) is 0 Å². The molecule has 27 heavy (non-hydrogen) atoms. The number of aryl methyl sites for hydroxylation is 3. The predicted octanol–water partition coefficient (Wildman–Crippen LogP) is 3.09. The van der Waals surface area contributed by atoms with Gasteiger partial charge in [0.05, 0.1) is 17.8 Å². The van der Waals surface area contributed by atoms with Gasteiger partial charge < -0.3 is 9.88 Å². The maximum atomic E-state index is 12.4. The van der Waals surface area contributed by atoms with Crippen molar-refractivity contribution in [1.82, 2.24) is 24.6 Å². The van der Waals surface area contributed by atoms with Crippen LogP contribution in [0.4, 0.5) is 0 Å². The lowest BCUT2D eigenvalue weighted by Gasteiger charge is -2.08. The lowest BCUT2D eigenvalue weighted by molar-refractivity contribution is -0.120. The van der Waals surface area contributed by atoms with Gasteiger partial charge in [0, 0.05) is 48.7 Å². The number of benzene rings is 1. The van der Waals surface area contributed by atoms with Gasteiger partial charge in [-0.15, -0.1) is 0 Å². The fourth-order valence-electron chi connectivity index (χ4n) is 3.07. The molecule has 0 aliphatic heterocycles. The Labute approximate surface area is 164 Å². The molecule has 1 amide bonds. The highest BCUT2D eigenvalue weighted by Crippen LogP contribution is 2.23. The van der Waals surface area contributed by atoms with Crippen LogP contribution >= 0.6 is 11.6 Å². The largest absolute Gasteiger partial charge is 0.355 e. The third-order valence-corrected chi connectivity index (χ3v) is 5.18. The van der Waals surface area contributed by atoms with Gasteiger partial charge in [0.1, 0.15) is 5.82 Å². The summed E-state index contributed by atoms with van der Waals surface area (Å²) in [6.07, 6.45) is 4.66. The van der Waals surface area contributed by atoms with Crippen molar-refractivity contribution in [2.45, 2.75) is 33.6 Å². The van der Waals surface area contributed by atoms with Gasteiger partial charge >= 0.3 is 0 Å². The summed E-state index contributed by atoms with van der Waals surface area (Å²) in [5.74, 6) is 0.934. The molecule has 0 bridgehead atoms. The summed E-state index contributed by atoms with van der Waals surface area (Å²) in [4.78, 5) is 16.6. The van der Waals surface area contributed by atoms with Crippen LogP contribution in [0.15, 0.2) is 30.6 Å². The van der Waals surface area contributed by atoms with Gasteiger partial charge in [0.15, 0.2) is 0 Å². The number of amides is 1. The van der Waals surface area contributed by atoms with E-state index in [1.807, 2.05) is 61.5 Å². The number of hydrogen-bond acceptors (Lipinski definition) is 3. The molecular weight excluding hydrogens is 362 g/mol. The van der Waals surface area contributed by atoms with Crippen LogP contribution in [-0.4, -0.2) is 31.8 Å². The van der Waals surface area contributed by atoms with Gasteiger partial charge in [0.2, 0.25) is 5.91 Å². The van der Waals surface area contributed by atoms with E-state index < -0.39 is 0 Å². The van der Waals surface area contributed by atoms with E-state index in [0.29, 0.717) is 24.4 Å². The number of aromatic nitrogens is 4. The maximum Gasteiger partial charge on any atom is 0.224 e. The molecule has 1 aromatic carbocycles. The monoisotopic (exact) mass is 385 g/mol. The zero-order valence-electron chi connectivity index (χ0n) is 16.1. The number of hydrogen-bond donors (Lipinski definition) is 1. The summed E-state index contributed by atoms with van der Waals surface area (Å²) in [5, 5.41) is 8.27. The third kappa shape index (κ3) is 4.22. The van der Waals surface area contributed by atoms with E-state index in [2.05, 4.69) is 15.4 Å². The summed E-state index contributed by atoms with van der Waals surface area (Å²) in [6, 6.07) is 5.85. The minimum Gasteiger partial charge on any atom is -0.355 e. The molecule has 0 radical (unpaired) electrons. The molecule has 0 unspecified atom stereocenters.